The number of benzene rings is 2. The number of hydrogen-bond acceptors (Lipinski definition) is 4. The number of hydrogen-bond donors (Lipinski definition) is 0. The number of nitrogens with zero attached hydrogens (tertiary/aromatic N) is 4. The van der Waals surface area contributed by atoms with Crippen LogP contribution in [0.15, 0.2) is 79.3 Å². The Hall–Kier alpha value is -3.51. The molecule has 30 heavy (non-hydrogen) atoms. The van der Waals surface area contributed by atoms with Gasteiger partial charge in [-0.2, -0.15) is 0 Å². The maximum atomic E-state index is 12.9. The van der Waals surface area contributed by atoms with E-state index >= 15 is 0 Å². The minimum Gasteiger partial charge on any atom is -0.370 e. The van der Waals surface area contributed by atoms with Gasteiger partial charge in [-0.1, -0.05) is 18.2 Å². The number of aromatic nitrogens is 3. The number of rotatable bonds is 5. The molecule has 1 aliphatic heterocycles. The van der Waals surface area contributed by atoms with Crippen molar-refractivity contribution in [1.29, 1.82) is 0 Å². The van der Waals surface area contributed by atoms with E-state index in [2.05, 4.69) is 9.97 Å². The van der Waals surface area contributed by atoms with Gasteiger partial charge in [0.25, 0.3) is 5.91 Å². The second-order valence-electron chi connectivity index (χ2n) is 7.44. The molecule has 0 saturated carbocycles. The van der Waals surface area contributed by atoms with E-state index < -0.39 is 0 Å². The normalized spacial score (nSPS) is 16.3. The lowest BCUT2D eigenvalue weighted by molar-refractivity contribution is 0.0422. The van der Waals surface area contributed by atoms with E-state index in [9.17, 15) is 4.79 Å². The van der Waals surface area contributed by atoms with Crippen LogP contribution >= 0.6 is 0 Å². The molecule has 1 saturated heterocycles. The number of likely N-dealkylation sites (tertiary alicyclic amines) is 1. The summed E-state index contributed by atoms with van der Waals surface area (Å²) in [5.41, 5.74) is 4.58. The largest absolute Gasteiger partial charge is 0.370 e. The monoisotopic (exact) mass is 398 g/mol. The molecule has 4 aromatic rings. The fourth-order valence-electron chi connectivity index (χ4n) is 3.85. The molecule has 6 nitrogen and oxygen atoms in total. The summed E-state index contributed by atoms with van der Waals surface area (Å²) in [6, 6.07) is 21.5. The second kappa shape index (κ2) is 8.08. The van der Waals surface area contributed by atoms with E-state index in [1.807, 2.05) is 82.5 Å². The Morgan fingerprint density at radius 3 is 2.67 bits per heavy atom. The molecule has 1 aliphatic rings. The molecule has 0 bridgehead atoms. The van der Waals surface area contributed by atoms with E-state index in [-0.39, 0.29) is 12.0 Å². The molecule has 1 amide bonds. The first-order valence-corrected chi connectivity index (χ1v) is 10.1. The first-order chi connectivity index (χ1) is 14.8. The van der Waals surface area contributed by atoms with Crippen LogP contribution < -0.4 is 0 Å². The first-order valence-electron chi connectivity index (χ1n) is 10.1. The molecule has 0 spiro atoms. The van der Waals surface area contributed by atoms with Crippen molar-refractivity contribution in [2.75, 3.05) is 13.1 Å². The molecule has 1 atom stereocenters. The van der Waals surface area contributed by atoms with Crippen molar-refractivity contribution < 1.29 is 9.53 Å². The van der Waals surface area contributed by atoms with Gasteiger partial charge in [0.05, 0.1) is 29.4 Å². The van der Waals surface area contributed by atoms with Gasteiger partial charge in [0.1, 0.15) is 6.33 Å². The average Bonchev–Trinajstić information content (AvgIpc) is 3.45. The minimum atomic E-state index is 0.0426. The fourth-order valence-corrected chi connectivity index (χ4v) is 3.85. The van der Waals surface area contributed by atoms with Crippen LogP contribution in [-0.4, -0.2) is 44.5 Å². The van der Waals surface area contributed by atoms with Gasteiger partial charge in [-0.15, -0.1) is 0 Å². The molecule has 6 heteroatoms. The Kier molecular flexibility index (Phi) is 4.99. The zero-order valence-corrected chi connectivity index (χ0v) is 16.5. The molecule has 1 unspecified atom stereocenters. The number of para-hydroxylation sites is 2. The van der Waals surface area contributed by atoms with Crippen LogP contribution in [0.4, 0.5) is 0 Å². The lowest BCUT2D eigenvalue weighted by Gasteiger charge is -2.17. The zero-order chi connectivity index (χ0) is 20.3. The Morgan fingerprint density at radius 1 is 1.00 bits per heavy atom. The van der Waals surface area contributed by atoms with Crippen molar-refractivity contribution in [1.82, 2.24) is 19.4 Å². The lowest BCUT2D eigenvalue weighted by Crippen LogP contribution is -2.30. The van der Waals surface area contributed by atoms with Crippen LogP contribution in [0.1, 0.15) is 22.5 Å². The smallest absolute Gasteiger partial charge is 0.253 e. The quantitative estimate of drug-likeness (QED) is 0.512. The summed E-state index contributed by atoms with van der Waals surface area (Å²) < 4.78 is 7.98. The summed E-state index contributed by atoms with van der Waals surface area (Å²) in [5, 5.41) is 0. The molecule has 2 aromatic carbocycles. The summed E-state index contributed by atoms with van der Waals surface area (Å²) in [4.78, 5) is 23.5. The maximum Gasteiger partial charge on any atom is 0.253 e. The number of carbonyl (C=O) groups excluding carboxylic acids is 1. The summed E-state index contributed by atoms with van der Waals surface area (Å²) >= 11 is 0. The number of ether oxygens (including phenoxy) is 1. The highest BCUT2D eigenvalue weighted by atomic mass is 16.5. The van der Waals surface area contributed by atoms with E-state index in [1.54, 1.807) is 6.20 Å². The standard InChI is InChI=1S/C24H22N4O2/c29-24(27-14-12-21(15-27)30-16-19-5-3-4-13-25-19)18-8-10-20(11-9-18)28-17-26-22-6-1-2-7-23(22)28/h1-11,13,17,21H,12,14-16H2. The van der Waals surface area contributed by atoms with Gasteiger partial charge in [0, 0.05) is 30.5 Å². The van der Waals surface area contributed by atoms with Crippen LogP contribution in [0.25, 0.3) is 16.7 Å². The van der Waals surface area contributed by atoms with Crippen LogP contribution in [0.2, 0.25) is 0 Å². The second-order valence-corrected chi connectivity index (χ2v) is 7.44. The Morgan fingerprint density at radius 2 is 1.83 bits per heavy atom. The highest BCUT2D eigenvalue weighted by molar-refractivity contribution is 5.94. The van der Waals surface area contributed by atoms with Gasteiger partial charge in [-0.25, -0.2) is 4.98 Å². The van der Waals surface area contributed by atoms with Gasteiger partial charge >= 0.3 is 0 Å². The van der Waals surface area contributed by atoms with Crippen molar-refractivity contribution in [2.24, 2.45) is 0 Å². The van der Waals surface area contributed by atoms with Crippen molar-refractivity contribution >= 4 is 16.9 Å². The molecule has 2 aromatic heterocycles. The third-order valence-electron chi connectivity index (χ3n) is 5.47. The third-order valence-corrected chi connectivity index (χ3v) is 5.47. The maximum absolute atomic E-state index is 12.9. The van der Waals surface area contributed by atoms with Gasteiger partial charge in [-0.3, -0.25) is 14.3 Å². The van der Waals surface area contributed by atoms with Crippen LogP contribution in [0.5, 0.6) is 0 Å². The van der Waals surface area contributed by atoms with Gasteiger partial charge in [0.2, 0.25) is 0 Å². The molecule has 1 fully saturated rings. The molecule has 0 radical (unpaired) electrons. The van der Waals surface area contributed by atoms with Gasteiger partial charge in [0.15, 0.2) is 0 Å². The molecule has 0 N–H and O–H groups in total. The topological polar surface area (TPSA) is 60.2 Å². The van der Waals surface area contributed by atoms with Crippen molar-refractivity contribution in [3.63, 3.8) is 0 Å². The molecular formula is C24H22N4O2. The Balaban J connectivity index is 1.23. The summed E-state index contributed by atoms with van der Waals surface area (Å²) in [7, 11) is 0. The number of imidazole rings is 1. The Bertz CT molecular complexity index is 1150. The highest BCUT2D eigenvalue weighted by Gasteiger charge is 2.27. The molecule has 0 aliphatic carbocycles. The third kappa shape index (κ3) is 3.69. The predicted molar refractivity (Wildman–Crippen MR) is 114 cm³/mol. The van der Waals surface area contributed by atoms with Crippen LogP contribution in [-0.2, 0) is 11.3 Å². The zero-order valence-electron chi connectivity index (χ0n) is 16.5. The van der Waals surface area contributed by atoms with E-state index in [1.165, 1.54) is 0 Å². The lowest BCUT2D eigenvalue weighted by atomic mass is 10.2. The summed E-state index contributed by atoms with van der Waals surface area (Å²) in [6.45, 7) is 1.79. The Labute approximate surface area is 174 Å². The molecule has 5 rings (SSSR count). The van der Waals surface area contributed by atoms with Gasteiger partial charge < -0.3 is 9.64 Å². The fraction of sp³-hybridized carbons (Fsp3) is 0.208. The van der Waals surface area contributed by atoms with Crippen molar-refractivity contribution in [2.45, 2.75) is 19.1 Å². The average molecular weight is 398 g/mol. The molecular weight excluding hydrogens is 376 g/mol. The van der Waals surface area contributed by atoms with E-state index in [0.29, 0.717) is 25.3 Å². The SMILES string of the molecule is O=C(c1ccc(-n2cnc3ccccc32)cc1)N1CCC(OCc2ccccn2)C1. The van der Waals surface area contributed by atoms with Crippen molar-refractivity contribution in [3.8, 4) is 5.69 Å². The number of fused-ring (bicyclic) bond motifs is 1. The van der Waals surface area contributed by atoms with E-state index in [4.69, 9.17) is 4.74 Å². The van der Waals surface area contributed by atoms with Gasteiger partial charge in [-0.05, 0) is 55.0 Å². The molecule has 3 heterocycles. The number of pyridine rings is 1. The van der Waals surface area contributed by atoms with Crippen molar-refractivity contribution in [3.05, 3.63) is 90.5 Å². The summed E-state index contributed by atoms with van der Waals surface area (Å²) in [5.74, 6) is 0.0426. The number of carbonyl (C=O) groups is 1. The number of amides is 1. The first kappa shape index (κ1) is 18.5. The van der Waals surface area contributed by atoms with Crippen LogP contribution in [0.3, 0.4) is 0 Å². The predicted octanol–water partition coefficient (Wildman–Crippen LogP) is 3.85. The minimum absolute atomic E-state index is 0.0426. The molecule has 150 valence electrons. The summed E-state index contributed by atoms with van der Waals surface area (Å²) in [6.07, 6.45) is 4.47. The van der Waals surface area contributed by atoms with E-state index in [0.717, 1.165) is 28.8 Å². The van der Waals surface area contributed by atoms with Crippen LogP contribution in [0, 0.1) is 0 Å². The highest BCUT2D eigenvalue weighted by Crippen LogP contribution is 2.21.